The fourth-order valence-corrected chi connectivity index (χ4v) is 1.04. The van der Waals surface area contributed by atoms with Crippen molar-refractivity contribution in [1.82, 2.24) is 10.3 Å². The highest BCUT2D eigenvalue weighted by atomic mass is 19.1. The number of hydrogen-bond donors (Lipinski definition) is 1. The van der Waals surface area contributed by atoms with Crippen LogP contribution in [0.5, 0.6) is 0 Å². The average Bonchev–Trinajstić information content (AvgIpc) is 2.27. The first-order valence-corrected chi connectivity index (χ1v) is 4.56. The molecule has 1 atom stereocenters. The van der Waals surface area contributed by atoms with E-state index < -0.39 is 23.9 Å². The van der Waals surface area contributed by atoms with Gasteiger partial charge in [-0.1, -0.05) is 6.07 Å². The van der Waals surface area contributed by atoms with E-state index in [-0.39, 0.29) is 5.69 Å². The normalized spacial score (nSPS) is 11.7. The molecule has 1 aromatic rings. The van der Waals surface area contributed by atoms with Gasteiger partial charge in [-0.3, -0.25) is 4.79 Å². The lowest BCUT2D eigenvalue weighted by atomic mass is 10.3. The fourth-order valence-electron chi connectivity index (χ4n) is 1.04. The molecule has 0 aromatic carbocycles. The number of carbonyl (C=O) groups is 2. The van der Waals surface area contributed by atoms with Gasteiger partial charge in [-0.05, 0) is 19.1 Å². The number of esters is 1. The van der Waals surface area contributed by atoms with Crippen LogP contribution in [0.15, 0.2) is 18.2 Å². The van der Waals surface area contributed by atoms with Crippen LogP contribution in [-0.4, -0.2) is 30.0 Å². The van der Waals surface area contributed by atoms with Crippen molar-refractivity contribution in [2.45, 2.75) is 13.0 Å². The van der Waals surface area contributed by atoms with E-state index in [0.717, 1.165) is 6.07 Å². The van der Waals surface area contributed by atoms with Crippen LogP contribution in [0.2, 0.25) is 0 Å². The Morgan fingerprint density at radius 2 is 2.19 bits per heavy atom. The number of methoxy groups -OCH3 is 1. The molecular formula is C10H11FN2O3. The van der Waals surface area contributed by atoms with E-state index in [0.29, 0.717) is 0 Å². The molecule has 0 aliphatic heterocycles. The number of amides is 1. The SMILES string of the molecule is COC(=O)[C@H](C)NC(=O)c1cccc(F)n1. The Morgan fingerprint density at radius 3 is 2.75 bits per heavy atom. The fraction of sp³-hybridized carbons (Fsp3) is 0.300. The van der Waals surface area contributed by atoms with Gasteiger partial charge in [0.05, 0.1) is 7.11 Å². The topological polar surface area (TPSA) is 68.3 Å². The Bertz CT molecular complexity index is 409. The maximum Gasteiger partial charge on any atom is 0.328 e. The van der Waals surface area contributed by atoms with Crippen molar-refractivity contribution >= 4 is 11.9 Å². The number of rotatable bonds is 3. The first-order valence-electron chi connectivity index (χ1n) is 4.56. The van der Waals surface area contributed by atoms with E-state index >= 15 is 0 Å². The number of aromatic nitrogens is 1. The smallest absolute Gasteiger partial charge is 0.328 e. The molecule has 1 aromatic heterocycles. The molecule has 0 unspecified atom stereocenters. The third-order valence-electron chi connectivity index (χ3n) is 1.85. The Hall–Kier alpha value is -1.98. The summed E-state index contributed by atoms with van der Waals surface area (Å²) in [5, 5.41) is 2.33. The molecule has 0 aliphatic rings. The summed E-state index contributed by atoms with van der Waals surface area (Å²) in [6, 6.07) is 3.03. The summed E-state index contributed by atoms with van der Waals surface area (Å²) >= 11 is 0. The standard InChI is InChI=1S/C10H11FN2O3/c1-6(10(15)16-2)12-9(14)7-4-3-5-8(11)13-7/h3-6H,1-2H3,(H,12,14)/t6-/m0/s1. The molecule has 6 heteroatoms. The van der Waals surface area contributed by atoms with Gasteiger partial charge >= 0.3 is 5.97 Å². The first kappa shape index (κ1) is 12.1. The van der Waals surface area contributed by atoms with E-state index in [1.54, 1.807) is 0 Å². The lowest BCUT2D eigenvalue weighted by Gasteiger charge is -2.10. The van der Waals surface area contributed by atoms with Crippen LogP contribution in [-0.2, 0) is 9.53 Å². The Kier molecular flexibility index (Phi) is 3.93. The van der Waals surface area contributed by atoms with Crippen molar-refractivity contribution in [2.24, 2.45) is 0 Å². The van der Waals surface area contributed by atoms with Crippen molar-refractivity contribution in [3.8, 4) is 0 Å². The number of halogens is 1. The maximum absolute atomic E-state index is 12.7. The molecule has 1 amide bonds. The summed E-state index contributed by atoms with van der Waals surface area (Å²) in [5.74, 6) is -1.96. The largest absolute Gasteiger partial charge is 0.467 e. The number of ether oxygens (including phenoxy) is 1. The lowest BCUT2D eigenvalue weighted by Crippen LogP contribution is -2.39. The predicted molar refractivity (Wildman–Crippen MR) is 53.1 cm³/mol. The highest BCUT2D eigenvalue weighted by molar-refractivity contribution is 5.94. The predicted octanol–water partition coefficient (Wildman–Crippen LogP) is 0.512. The number of carbonyl (C=O) groups excluding carboxylic acids is 2. The summed E-state index contributed by atoms with van der Waals surface area (Å²) in [7, 11) is 1.21. The molecule has 86 valence electrons. The molecular weight excluding hydrogens is 215 g/mol. The van der Waals surface area contributed by atoms with Crippen molar-refractivity contribution in [3.63, 3.8) is 0 Å². The number of nitrogens with one attached hydrogen (secondary N) is 1. The lowest BCUT2D eigenvalue weighted by molar-refractivity contribution is -0.142. The molecule has 0 saturated heterocycles. The molecule has 5 nitrogen and oxygen atoms in total. The molecule has 0 radical (unpaired) electrons. The second-order valence-electron chi connectivity index (χ2n) is 3.06. The van der Waals surface area contributed by atoms with Gasteiger partial charge < -0.3 is 10.1 Å². The summed E-state index contributed by atoms with van der Waals surface area (Å²) in [4.78, 5) is 25.9. The zero-order chi connectivity index (χ0) is 12.1. The Labute approximate surface area is 91.6 Å². The quantitative estimate of drug-likeness (QED) is 0.602. The minimum Gasteiger partial charge on any atom is -0.467 e. The summed E-state index contributed by atoms with van der Waals surface area (Å²) < 4.78 is 17.1. The van der Waals surface area contributed by atoms with Gasteiger partial charge in [-0.15, -0.1) is 0 Å². The molecule has 0 fully saturated rings. The second kappa shape index (κ2) is 5.20. The number of hydrogen-bond acceptors (Lipinski definition) is 4. The van der Waals surface area contributed by atoms with Gasteiger partial charge in [0.2, 0.25) is 5.95 Å². The average molecular weight is 226 g/mol. The van der Waals surface area contributed by atoms with Crippen LogP contribution >= 0.6 is 0 Å². The maximum atomic E-state index is 12.7. The second-order valence-corrected chi connectivity index (χ2v) is 3.06. The molecule has 0 spiro atoms. The molecule has 1 rings (SSSR count). The molecule has 16 heavy (non-hydrogen) atoms. The third-order valence-corrected chi connectivity index (χ3v) is 1.85. The minimum absolute atomic E-state index is 0.0873. The molecule has 0 bridgehead atoms. The van der Waals surface area contributed by atoms with E-state index in [1.165, 1.54) is 26.2 Å². The van der Waals surface area contributed by atoms with E-state index in [9.17, 15) is 14.0 Å². The summed E-state index contributed by atoms with van der Waals surface area (Å²) in [6.45, 7) is 1.46. The van der Waals surface area contributed by atoms with Gasteiger partial charge in [0.25, 0.3) is 5.91 Å². The Morgan fingerprint density at radius 1 is 1.50 bits per heavy atom. The van der Waals surface area contributed by atoms with E-state index in [2.05, 4.69) is 15.0 Å². The summed E-state index contributed by atoms with van der Waals surface area (Å²) in [6.07, 6.45) is 0. The van der Waals surface area contributed by atoms with Gasteiger partial charge in [-0.25, -0.2) is 9.78 Å². The van der Waals surface area contributed by atoms with E-state index in [1.807, 2.05) is 0 Å². The first-order chi connectivity index (χ1) is 7.54. The zero-order valence-corrected chi connectivity index (χ0v) is 8.86. The van der Waals surface area contributed by atoms with Crippen molar-refractivity contribution in [1.29, 1.82) is 0 Å². The molecule has 0 saturated carbocycles. The van der Waals surface area contributed by atoms with Gasteiger partial charge in [0, 0.05) is 0 Å². The molecule has 0 aliphatic carbocycles. The van der Waals surface area contributed by atoms with Crippen molar-refractivity contribution < 1.29 is 18.7 Å². The zero-order valence-electron chi connectivity index (χ0n) is 8.86. The van der Waals surface area contributed by atoms with Crippen molar-refractivity contribution in [3.05, 3.63) is 29.8 Å². The van der Waals surface area contributed by atoms with E-state index in [4.69, 9.17) is 0 Å². The Balaban J connectivity index is 2.69. The van der Waals surface area contributed by atoms with Gasteiger partial charge in [-0.2, -0.15) is 4.39 Å². The third kappa shape index (κ3) is 3.01. The minimum atomic E-state index is -0.803. The summed E-state index contributed by atoms with van der Waals surface area (Å²) in [5.41, 5.74) is -0.0873. The van der Waals surface area contributed by atoms with Crippen LogP contribution in [0.3, 0.4) is 0 Å². The van der Waals surface area contributed by atoms with Crippen LogP contribution in [0.25, 0.3) is 0 Å². The van der Waals surface area contributed by atoms with Crippen LogP contribution in [0.4, 0.5) is 4.39 Å². The number of nitrogens with zero attached hydrogens (tertiary/aromatic N) is 1. The van der Waals surface area contributed by atoms with Crippen LogP contribution < -0.4 is 5.32 Å². The highest BCUT2D eigenvalue weighted by Crippen LogP contribution is 1.98. The molecule has 1 N–H and O–H groups in total. The van der Waals surface area contributed by atoms with Crippen molar-refractivity contribution in [2.75, 3.05) is 7.11 Å². The monoisotopic (exact) mass is 226 g/mol. The van der Waals surface area contributed by atoms with Crippen LogP contribution in [0, 0.1) is 5.95 Å². The molecule has 1 heterocycles. The van der Waals surface area contributed by atoms with Gasteiger partial charge in [0.15, 0.2) is 0 Å². The highest BCUT2D eigenvalue weighted by Gasteiger charge is 2.17. The van der Waals surface area contributed by atoms with Crippen LogP contribution in [0.1, 0.15) is 17.4 Å². The number of pyridine rings is 1. The van der Waals surface area contributed by atoms with Gasteiger partial charge in [0.1, 0.15) is 11.7 Å².